The molecule has 0 fully saturated rings. The molecule has 0 aliphatic heterocycles. The molecule has 2 rings (SSSR count). The van der Waals surface area contributed by atoms with Gasteiger partial charge in [0, 0.05) is 22.1 Å². The molecule has 0 saturated heterocycles. The summed E-state index contributed by atoms with van der Waals surface area (Å²) in [6, 6.07) is 13.2. The van der Waals surface area contributed by atoms with Gasteiger partial charge in [-0.3, -0.25) is 4.79 Å². The minimum atomic E-state index is -0.0905. The Hall–Kier alpha value is -1.72. The number of hydrogen-bond donors (Lipinski definition) is 2. The minimum absolute atomic E-state index is 0.0905. The highest BCUT2D eigenvalue weighted by atomic mass is 79.9. The molecule has 0 radical (unpaired) electrons. The fraction of sp³-hybridized carbons (Fsp3) is 0.125. The van der Waals surface area contributed by atoms with Gasteiger partial charge in [-0.1, -0.05) is 58.5 Å². The Balaban J connectivity index is 2.04. The Morgan fingerprint density at radius 3 is 2.52 bits per heavy atom. The van der Waals surface area contributed by atoms with Gasteiger partial charge in [-0.05, 0) is 30.2 Å². The molecule has 0 heterocycles. The second-order valence-corrected chi connectivity index (χ2v) is 6.06. The zero-order valence-corrected chi connectivity index (χ0v) is 13.9. The van der Waals surface area contributed by atoms with Gasteiger partial charge in [0.1, 0.15) is 4.99 Å². The standard InChI is InChI=1S/C16H15BrN2OS/c1-10-2-7-13(17)8-14(10)16(20)19-9-11-3-5-12(6-4-11)15(18)21/h2-8H,9H2,1H3,(H2,18,21)(H,19,20). The van der Waals surface area contributed by atoms with Crippen LogP contribution in [0.25, 0.3) is 0 Å². The van der Waals surface area contributed by atoms with Crippen molar-refractivity contribution in [1.29, 1.82) is 0 Å². The summed E-state index contributed by atoms with van der Waals surface area (Å²) in [5, 5.41) is 2.91. The SMILES string of the molecule is Cc1ccc(Br)cc1C(=O)NCc1ccc(C(N)=S)cc1. The van der Waals surface area contributed by atoms with Gasteiger partial charge in [0.05, 0.1) is 0 Å². The maximum Gasteiger partial charge on any atom is 0.251 e. The average molecular weight is 363 g/mol. The van der Waals surface area contributed by atoms with Gasteiger partial charge in [0.2, 0.25) is 0 Å². The highest BCUT2D eigenvalue weighted by Crippen LogP contribution is 2.16. The number of rotatable bonds is 4. The van der Waals surface area contributed by atoms with E-state index >= 15 is 0 Å². The zero-order chi connectivity index (χ0) is 15.4. The molecule has 2 aromatic carbocycles. The molecule has 0 unspecified atom stereocenters. The van der Waals surface area contributed by atoms with Gasteiger partial charge in [-0.25, -0.2) is 0 Å². The smallest absolute Gasteiger partial charge is 0.251 e. The second-order valence-electron chi connectivity index (χ2n) is 4.70. The van der Waals surface area contributed by atoms with E-state index in [2.05, 4.69) is 21.2 Å². The fourth-order valence-corrected chi connectivity index (χ4v) is 2.40. The van der Waals surface area contributed by atoms with Crippen LogP contribution in [0.3, 0.4) is 0 Å². The monoisotopic (exact) mass is 362 g/mol. The molecular weight excluding hydrogens is 348 g/mol. The summed E-state index contributed by atoms with van der Waals surface area (Å²) in [5.41, 5.74) is 8.98. The van der Waals surface area contributed by atoms with Crippen LogP contribution in [0, 0.1) is 6.92 Å². The summed E-state index contributed by atoms with van der Waals surface area (Å²) in [5.74, 6) is -0.0905. The quantitative estimate of drug-likeness (QED) is 0.820. The number of halogens is 1. The van der Waals surface area contributed by atoms with Crippen LogP contribution in [0.5, 0.6) is 0 Å². The molecule has 0 aliphatic rings. The molecule has 108 valence electrons. The topological polar surface area (TPSA) is 55.1 Å². The lowest BCUT2D eigenvalue weighted by molar-refractivity contribution is 0.0950. The lowest BCUT2D eigenvalue weighted by atomic mass is 10.1. The molecule has 0 saturated carbocycles. The van der Waals surface area contributed by atoms with Crippen molar-refractivity contribution in [1.82, 2.24) is 5.32 Å². The number of benzene rings is 2. The van der Waals surface area contributed by atoms with Crippen LogP contribution in [0.4, 0.5) is 0 Å². The van der Waals surface area contributed by atoms with E-state index in [1.807, 2.05) is 49.4 Å². The van der Waals surface area contributed by atoms with E-state index in [1.54, 1.807) is 0 Å². The Morgan fingerprint density at radius 1 is 1.24 bits per heavy atom. The van der Waals surface area contributed by atoms with Gasteiger partial charge in [0.25, 0.3) is 5.91 Å². The normalized spacial score (nSPS) is 10.2. The first-order chi connectivity index (χ1) is 9.97. The Morgan fingerprint density at radius 2 is 1.90 bits per heavy atom. The first kappa shape index (κ1) is 15.7. The van der Waals surface area contributed by atoms with Crippen LogP contribution in [0.2, 0.25) is 0 Å². The lowest BCUT2D eigenvalue weighted by Crippen LogP contribution is -2.23. The van der Waals surface area contributed by atoms with Crippen molar-refractivity contribution in [3.05, 3.63) is 69.2 Å². The average Bonchev–Trinajstić information content (AvgIpc) is 2.47. The highest BCUT2D eigenvalue weighted by molar-refractivity contribution is 9.10. The number of carbonyl (C=O) groups excluding carboxylic acids is 1. The molecule has 0 aliphatic carbocycles. The van der Waals surface area contributed by atoms with Crippen LogP contribution in [-0.2, 0) is 6.54 Å². The van der Waals surface area contributed by atoms with E-state index in [-0.39, 0.29) is 5.91 Å². The van der Waals surface area contributed by atoms with Crippen molar-refractivity contribution in [3.63, 3.8) is 0 Å². The van der Waals surface area contributed by atoms with E-state index in [9.17, 15) is 4.79 Å². The molecule has 5 heteroatoms. The first-order valence-corrected chi connectivity index (χ1v) is 7.60. The number of thiocarbonyl (C=S) groups is 1. The molecule has 0 spiro atoms. The number of hydrogen-bond acceptors (Lipinski definition) is 2. The van der Waals surface area contributed by atoms with Gasteiger partial charge in [0.15, 0.2) is 0 Å². The second kappa shape index (κ2) is 6.83. The summed E-state index contributed by atoms with van der Waals surface area (Å²) in [6.45, 7) is 2.38. The third kappa shape index (κ3) is 4.12. The molecule has 0 aromatic heterocycles. The lowest BCUT2D eigenvalue weighted by Gasteiger charge is -2.09. The number of aryl methyl sites for hydroxylation is 1. The summed E-state index contributed by atoms with van der Waals surface area (Å²) in [7, 11) is 0. The molecule has 3 N–H and O–H groups in total. The van der Waals surface area contributed by atoms with E-state index < -0.39 is 0 Å². The zero-order valence-electron chi connectivity index (χ0n) is 11.5. The van der Waals surface area contributed by atoms with E-state index in [0.29, 0.717) is 17.1 Å². The van der Waals surface area contributed by atoms with Crippen molar-refractivity contribution in [2.75, 3.05) is 0 Å². The van der Waals surface area contributed by atoms with E-state index in [1.165, 1.54) is 0 Å². The first-order valence-electron chi connectivity index (χ1n) is 6.40. The summed E-state index contributed by atoms with van der Waals surface area (Å²) < 4.78 is 0.888. The highest BCUT2D eigenvalue weighted by Gasteiger charge is 2.09. The Kier molecular flexibility index (Phi) is 5.09. The molecule has 3 nitrogen and oxygen atoms in total. The maximum absolute atomic E-state index is 12.2. The van der Waals surface area contributed by atoms with Crippen molar-refractivity contribution >= 4 is 39.0 Å². The molecule has 2 aromatic rings. The minimum Gasteiger partial charge on any atom is -0.389 e. The van der Waals surface area contributed by atoms with E-state index in [4.69, 9.17) is 18.0 Å². The van der Waals surface area contributed by atoms with Crippen molar-refractivity contribution < 1.29 is 4.79 Å². The van der Waals surface area contributed by atoms with Crippen molar-refractivity contribution in [2.45, 2.75) is 13.5 Å². The van der Waals surface area contributed by atoms with Gasteiger partial charge in [-0.2, -0.15) is 0 Å². The van der Waals surface area contributed by atoms with Crippen LogP contribution >= 0.6 is 28.1 Å². The third-order valence-electron chi connectivity index (χ3n) is 3.14. The van der Waals surface area contributed by atoms with Gasteiger partial charge in [-0.15, -0.1) is 0 Å². The van der Waals surface area contributed by atoms with Crippen molar-refractivity contribution in [2.24, 2.45) is 5.73 Å². The third-order valence-corrected chi connectivity index (χ3v) is 3.86. The number of nitrogens with one attached hydrogen (secondary N) is 1. The molecule has 0 bridgehead atoms. The number of amides is 1. The van der Waals surface area contributed by atoms with Crippen LogP contribution in [0.1, 0.15) is 27.0 Å². The summed E-state index contributed by atoms with van der Waals surface area (Å²) in [6.07, 6.45) is 0. The molecule has 0 atom stereocenters. The van der Waals surface area contributed by atoms with Crippen molar-refractivity contribution in [3.8, 4) is 0 Å². The van der Waals surface area contributed by atoms with Crippen LogP contribution < -0.4 is 11.1 Å². The van der Waals surface area contributed by atoms with E-state index in [0.717, 1.165) is 21.2 Å². The summed E-state index contributed by atoms with van der Waals surface area (Å²) in [4.78, 5) is 12.6. The largest absolute Gasteiger partial charge is 0.389 e. The number of nitrogens with two attached hydrogens (primary N) is 1. The van der Waals surface area contributed by atoms with Gasteiger partial charge >= 0.3 is 0 Å². The number of carbonyl (C=O) groups is 1. The van der Waals surface area contributed by atoms with Crippen LogP contribution in [0.15, 0.2) is 46.9 Å². The molecular formula is C16H15BrN2OS. The fourth-order valence-electron chi connectivity index (χ4n) is 1.90. The van der Waals surface area contributed by atoms with Gasteiger partial charge < -0.3 is 11.1 Å². The maximum atomic E-state index is 12.2. The predicted octanol–water partition coefficient (Wildman–Crippen LogP) is 3.32. The summed E-state index contributed by atoms with van der Waals surface area (Å²) >= 11 is 8.28. The predicted molar refractivity (Wildman–Crippen MR) is 92.4 cm³/mol. The molecule has 21 heavy (non-hydrogen) atoms. The Bertz CT molecular complexity index is 683. The molecule has 1 amide bonds. The van der Waals surface area contributed by atoms with Crippen LogP contribution in [-0.4, -0.2) is 10.9 Å². The Labute approximate surface area is 137 Å².